The summed E-state index contributed by atoms with van der Waals surface area (Å²) in [6, 6.07) is 6.12. The molecule has 104 valence electrons. The monoisotopic (exact) mass is 267 g/mol. The van der Waals surface area contributed by atoms with E-state index >= 15 is 0 Å². The van der Waals surface area contributed by atoms with E-state index in [2.05, 4.69) is 5.32 Å². The summed E-state index contributed by atoms with van der Waals surface area (Å²) in [6.45, 7) is 0. The Bertz CT molecular complexity index is 466. The molecule has 0 aromatic heterocycles. The van der Waals surface area contributed by atoms with Crippen molar-refractivity contribution in [1.82, 2.24) is 0 Å². The quantitative estimate of drug-likeness (QED) is 0.880. The Labute approximate surface area is 111 Å². The number of anilines is 1. The van der Waals surface area contributed by atoms with Crippen molar-refractivity contribution in [1.29, 1.82) is 0 Å². The number of para-hydroxylation sites is 1. The Kier molecular flexibility index (Phi) is 4.04. The van der Waals surface area contributed by atoms with Gasteiger partial charge in [-0.2, -0.15) is 0 Å². The summed E-state index contributed by atoms with van der Waals surface area (Å²) in [5.41, 5.74) is -0.928. The van der Waals surface area contributed by atoms with E-state index in [1.807, 2.05) is 0 Å². The van der Waals surface area contributed by atoms with Gasteiger partial charge in [-0.05, 0) is 31.4 Å². The number of ether oxygens (including phenoxy) is 1. The predicted molar refractivity (Wildman–Crippen MR) is 69.7 cm³/mol. The SMILES string of the molecule is COC1CCCC(Nc2ccccc2F)(C(=O)O)C1. The number of benzene rings is 1. The third-order valence-corrected chi connectivity index (χ3v) is 3.70. The van der Waals surface area contributed by atoms with Crippen molar-refractivity contribution < 1.29 is 19.0 Å². The lowest BCUT2D eigenvalue weighted by Crippen LogP contribution is -2.51. The Morgan fingerprint density at radius 1 is 1.53 bits per heavy atom. The molecule has 2 N–H and O–H groups in total. The van der Waals surface area contributed by atoms with Crippen molar-refractivity contribution in [2.45, 2.75) is 37.3 Å². The minimum atomic E-state index is -1.15. The number of hydrogen-bond acceptors (Lipinski definition) is 3. The minimum absolute atomic E-state index is 0.107. The van der Waals surface area contributed by atoms with E-state index in [4.69, 9.17) is 4.74 Å². The van der Waals surface area contributed by atoms with Gasteiger partial charge < -0.3 is 15.2 Å². The van der Waals surface area contributed by atoms with E-state index in [1.165, 1.54) is 6.07 Å². The molecule has 0 bridgehead atoms. The largest absolute Gasteiger partial charge is 0.480 e. The first-order valence-corrected chi connectivity index (χ1v) is 6.36. The number of carbonyl (C=O) groups is 1. The Morgan fingerprint density at radius 3 is 2.89 bits per heavy atom. The van der Waals surface area contributed by atoms with Crippen molar-refractivity contribution in [3.8, 4) is 0 Å². The lowest BCUT2D eigenvalue weighted by atomic mass is 9.79. The average molecular weight is 267 g/mol. The van der Waals surface area contributed by atoms with Crippen molar-refractivity contribution >= 4 is 11.7 Å². The molecule has 1 fully saturated rings. The molecule has 1 saturated carbocycles. The zero-order chi connectivity index (χ0) is 13.9. The average Bonchev–Trinajstić information content (AvgIpc) is 2.41. The Balaban J connectivity index is 2.25. The van der Waals surface area contributed by atoms with Crippen LogP contribution in [0.5, 0.6) is 0 Å². The number of hydrogen-bond donors (Lipinski definition) is 2. The number of carboxylic acids is 1. The van der Waals surface area contributed by atoms with E-state index in [1.54, 1.807) is 25.3 Å². The fourth-order valence-electron chi connectivity index (χ4n) is 2.61. The molecule has 1 aliphatic rings. The molecule has 1 aromatic carbocycles. The first kappa shape index (κ1) is 13.8. The van der Waals surface area contributed by atoms with Crippen LogP contribution in [0.4, 0.5) is 10.1 Å². The molecular formula is C14H18FNO3. The second-order valence-corrected chi connectivity index (χ2v) is 4.95. The van der Waals surface area contributed by atoms with Crippen molar-refractivity contribution in [2.24, 2.45) is 0 Å². The molecule has 1 aliphatic carbocycles. The van der Waals surface area contributed by atoms with Gasteiger partial charge in [-0.25, -0.2) is 9.18 Å². The summed E-state index contributed by atoms with van der Waals surface area (Å²) in [5, 5.41) is 12.4. The highest BCUT2D eigenvalue weighted by Gasteiger charge is 2.43. The van der Waals surface area contributed by atoms with Crippen LogP contribution in [0.3, 0.4) is 0 Å². The van der Waals surface area contributed by atoms with Crippen LogP contribution in [0.2, 0.25) is 0 Å². The predicted octanol–water partition coefficient (Wildman–Crippen LogP) is 2.65. The molecule has 5 heteroatoms. The van der Waals surface area contributed by atoms with Gasteiger partial charge in [0.25, 0.3) is 0 Å². The number of carboxylic acid groups (broad SMARTS) is 1. The first-order valence-electron chi connectivity index (χ1n) is 6.36. The number of halogens is 1. The molecule has 0 aliphatic heterocycles. The van der Waals surface area contributed by atoms with E-state index in [0.29, 0.717) is 12.8 Å². The summed E-state index contributed by atoms with van der Waals surface area (Å²) < 4.78 is 18.9. The second kappa shape index (κ2) is 5.57. The van der Waals surface area contributed by atoms with Gasteiger partial charge in [0.2, 0.25) is 0 Å². The lowest BCUT2D eigenvalue weighted by Gasteiger charge is -2.38. The zero-order valence-electron chi connectivity index (χ0n) is 10.9. The fraction of sp³-hybridized carbons (Fsp3) is 0.500. The van der Waals surface area contributed by atoms with Gasteiger partial charge in [0.1, 0.15) is 11.4 Å². The molecule has 0 saturated heterocycles. The molecule has 0 spiro atoms. The molecule has 1 aromatic rings. The van der Waals surface area contributed by atoms with Crippen LogP contribution in [-0.4, -0.2) is 29.8 Å². The summed E-state index contributed by atoms with van der Waals surface area (Å²) >= 11 is 0. The number of methoxy groups -OCH3 is 1. The number of aliphatic carboxylic acids is 1. The van der Waals surface area contributed by atoms with Crippen LogP contribution in [0.1, 0.15) is 25.7 Å². The van der Waals surface area contributed by atoms with Crippen molar-refractivity contribution in [3.63, 3.8) is 0 Å². The van der Waals surface area contributed by atoms with Gasteiger partial charge in [-0.1, -0.05) is 12.1 Å². The topological polar surface area (TPSA) is 58.6 Å². The van der Waals surface area contributed by atoms with Crippen molar-refractivity contribution in [3.05, 3.63) is 30.1 Å². The van der Waals surface area contributed by atoms with Crippen LogP contribution < -0.4 is 5.32 Å². The third kappa shape index (κ3) is 2.87. The number of rotatable bonds is 4. The Morgan fingerprint density at radius 2 is 2.26 bits per heavy atom. The molecule has 4 nitrogen and oxygen atoms in total. The standard InChI is InChI=1S/C14H18FNO3/c1-19-10-5-4-8-14(9-10,13(17)18)16-12-7-3-2-6-11(12)15/h2-3,6-7,10,16H,4-5,8-9H2,1H3,(H,17,18). The van der Waals surface area contributed by atoms with E-state index in [9.17, 15) is 14.3 Å². The highest BCUT2D eigenvalue weighted by molar-refractivity contribution is 5.83. The van der Waals surface area contributed by atoms with E-state index in [0.717, 1.165) is 12.8 Å². The number of nitrogens with one attached hydrogen (secondary N) is 1. The van der Waals surface area contributed by atoms with Gasteiger partial charge in [-0.15, -0.1) is 0 Å². The summed E-state index contributed by atoms with van der Waals surface area (Å²) in [5.74, 6) is -1.40. The van der Waals surface area contributed by atoms with Crippen LogP contribution in [0.15, 0.2) is 24.3 Å². The Hall–Kier alpha value is -1.62. The molecule has 2 rings (SSSR count). The van der Waals surface area contributed by atoms with E-state index < -0.39 is 17.3 Å². The van der Waals surface area contributed by atoms with Crippen LogP contribution in [0.25, 0.3) is 0 Å². The van der Waals surface area contributed by atoms with E-state index in [-0.39, 0.29) is 11.8 Å². The summed E-state index contributed by atoms with van der Waals surface area (Å²) in [4.78, 5) is 11.6. The molecule has 19 heavy (non-hydrogen) atoms. The molecule has 0 amide bonds. The third-order valence-electron chi connectivity index (χ3n) is 3.70. The van der Waals surface area contributed by atoms with Crippen molar-refractivity contribution in [2.75, 3.05) is 12.4 Å². The molecule has 0 radical (unpaired) electrons. The maximum atomic E-state index is 13.7. The molecule has 0 heterocycles. The summed E-state index contributed by atoms with van der Waals surface area (Å²) in [6.07, 6.45) is 2.28. The maximum Gasteiger partial charge on any atom is 0.329 e. The van der Waals surface area contributed by atoms with Gasteiger partial charge >= 0.3 is 5.97 Å². The molecular weight excluding hydrogens is 249 g/mol. The van der Waals surface area contributed by atoms with Gasteiger partial charge in [-0.3, -0.25) is 0 Å². The normalized spacial score (nSPS) is 26.9. The van der Waals surface area contributed by atoms with Gasteiger partial charge in [0.15, 0.2) is 0 Å². The lowest BCUT2D eigenvalue weighted by molar-refractivity contribution is -0.145. The van der Waals surface area contributed by atoms with Crippen LogP contribution in [-0.2, 0) is 9.53 Å². The van der Waals surface area contributed by atoms with Gasteiger partial charge in [0, 0.05) is 13.5 Å². The highest BCUT2D eigenvalue weighted by atomic mass is 19.1. The second-order valence-electron chi connectivity index (χ2n) is 4.95. The molecule has 2 atom stereocenters. The smallest absolute Gasteiger partial charge is 0.329 e. The summed E-state index contributed by atoms with van der Waals surface area (Å²) in [7, 11) is 1.58. The van der Waals surface area contributed by atoms with Crippen LogP contribution in [0, 0.1) is 5.82 Å². The maximum absolute atomic E-state index is 13.7. The van der Waals surface area contributed by atoms with Crippen LogP contribution >= 0.6 is 0 Å². The van der Waals surface area contributed by atoms with Gasteiger partial charge in [0.05, 0.1) is 11.8 Å². The highest BCUT2D eigenvalue weighted by Crippen LogP contribution is 2.34. The minimum Gasteiger partial charge on any atom is -0.480 e. The molecule has 2 unspecified atom stereocenters. The zero-order valence-corrected chi connectivity index (χ0v) is 10.9. The first-order chi connectivity index (χ1) is 9.07. The fourth-order valence-corrected chi connectivity index (χ4v) is 2.61.